The van der Waals surface area contributed by atoms with Crippen molar-refractivity contribution in [1.82, 2.24) is 9.97 Å². The second-order valence-electron chi connectivity index (χ2n) is 12.3. The van der Waals surface area contributed by atoms with Crippen molar-refractivity contribution >= 4 is 35.2 Å². The van der Waals surface area contributed by atoms with Crippen LogP contribution in [0.4, 0.5) is 4.39 Å². The fourth-order valence-electron chi connectivity index (χ4n) is 5.39. The Morgan fingerprint density at radius 3 is 2.30 bits per heavy atom. The number of hydrogen-bond acceptors (Lipinski definition) is 3. The maximum Gasteiger partial charge on any atom is 0.124 e. The molecule has 0 aliphatic rings. The van der Waals surface area contributed by atoms with Gasteiger partial charge in [0.05, 0.1) is 13.7 Å². The fourth-order valence-corrected chi connectivity index (χ4v) is 6.87. The predicted molar refractivity (Wildman–Crippen MR) is 187 cm³/mol. The van der Waals surface area contributed by atoms with E-state index in [1.807, 2.05) is 50.2 Å². The predicted octanol–water partition coefficient (Wildman–Crippen LogP) is 10.5. The van der Waals surface area contributed by atoms with Crippen molar-refractivity contribution in [1.29, 1.82) is 0 Å². The monoisotopic (exact) mass is 800 g/mol. The van der Waals surface area contributed by atoms with E-state index in [0.717, 1.165) is 33.2 Å². The van der Waals surface area contributed by atoms with Crippen molar-refractivity contribution in [2.45, 2.75) is 39.4 Å². The molecule has 0 spiro atoms. The molecular weight excluding hydrogens is 764 g/mol. The van der Waals surface area contributed by atoms with Crippen LogP contribution in [0.25, 0.3) is 55.6 Å². The minimum atomic E-state index is -1.46. The number of halogens is 1. The Morgan fingerprint density at radius 1 is 0.804 bits per heavy atom. The van der Waals surface area contributed by atoms with Crippen molar-refractivity contribution < 1.29 is 30.3 Å². The summed E-state index contributed by atoms with van der Waals surface area (Å²) in [6, 6.07) is 39.1. The molecule has 0 atom stereocenters. The Kier molecular flexibility index (Phi) is 9.69. The third-order valence-corrected chi connectivity index (χ3v) is 9.78. The summed E-state index contributed by atoms with van der Waals surface area (Å²) in [6.45, 7) is 10.8. The average Bonchev–Trinajstić information content (AvgIpc) is 3.43. The van der Waals surface area contributed by atoms with Crippen molar-refractivity contribution in [2.24, 2.45) is 0 Å². The van der Waals surface area contributed by atoms with Crippen LogP contribution in [-0.4, -0.2) is 18.0 Å². The zero-order valence-corrected chi connectivity index (χ0v) is 29.9. The first kappa shape index (κ1) is 31.7. The molecule has 4 aromatic carbocycles. The van der Waals surface area contributed by atoms with Gasteiger partial charge in [0.1, 0.15) is 11.4 Å². The molecule has 0 amide bonds. The summed E-state index contributed by atoms with van der Waals surface area (Å²) in [4.78, 5) is 9.12. The van der Waals surface area contributed by atoms with E-state index in [0.29, 0.717) is 16.9 Å². The van der Waals surface area contributed by atoms with E-state index < -0.39 is 14.0 Å². The molecule has 46 heavy (non-hydrogen) atoms. The van der Waals surface area contributed by atoms with Gasteiger partial charge in [0.25, 0.3) is 0 Å². The molecule has 1 radical (unpaired) electrons. The molecule has 0 aliphatic carbocycles. The molecule has 0 fully saturated rings. The normalized spacial score (nSPS) is 11.8. The Labute approximate surface area is 286 Å². The van der Waals surface area contributed by atoms with Gasteiger partial charge in [0, 0.05) is 39.3 Å². The average molecular weight is 800 g/mol. The Balaban J connectivity index is 0.000000181. The van der Waals surface area contributed by atoms with E-state index >= 15 is 0 Å². The van der Waals surface area contributed by atoms with Gasteiger partial charge in [-0.3, -0.25) is 0 Å². The number of fused-ring (bicyclic) bond motifs is 3. The van der Waals surface area contributed by atoms with Gasteiger partial charge in [0.2, 0.25) is 0 Å². The van der Waals surface area contributed by atoms with Crippen LogP contribution in [0.15, 0.2) is 120 Å². The Bertz CT molecular complexity index is 2140. The first-order valence-electron chi connectivity index (χ1n) is 15.5. The van der Waals surface area contributed by atoms with Gasteiger partial charge in [-0.2, -0.15) is 0 Å². The van der Waals surface area contributed by atoms with E-state index in [1.54, 1.807) is 18.3 Å². The first-order valence-corrected chi connectivity index (χ1v) is 18.5. The standard InChI is InChI=1S/C20H15FNO.C20H20NSi.Ir/c1-12(2)13-8-9-22-18(10-13)16-5-3-4-15-17-11-14(21)6-7-19(17)23-20(15)16;1-22(2,3)20-15-21-19(17-12-8-5-9-13-17)14-18(20)16-10-6-4-7-11-16;/h3-4,6-12H,1-2H3;4-12,14-15H,1-3H3;/q2*-1;/i12D;;. The van der Waals surface area contributed by atoms with E-state index in [2.05, 4.69) is 85.4 Å². The maximum atomic E-state index is 13.6. The van der Waals surface area contributed by atoms with Crippen LogP contribution in [0, 0.1) is 17.9 Å². The number of hydrogen-bond donors (Lipinski definition) is 0. The number of pyridine rings is 2. The van der Waals surface area contributed by atoms with Crippen molar-refractivity contribution in [3.8, 4) is 33.6 Å². The molecule has 7 aromatic rings. The van der Waals surface area contributed by atoms with Gasteiger partial charge in [0.15, 0.2) is 0 Å². The smallest absolute Gasteiger partial charge is 0.124 e. The third kappa shape index (κ3) is 7.10. The zero-order chi connectivity index (χ0) is 32.5. The first-order chi connectivity index (χ1) is 22.0. The Morgan fingerprint density at radius 2 is 1.59 bits per heavy atom. The van der Waals surface area contributed by atoms with E-state index in [-0.39, 0.29) is 25.9 Å². The van der Waals surface area contributed by atoms with Crippen LogP contribution in [0.3, 0.4) is 0 Å². The van der Waals surface area contributed by atoms with Crippen molar-refractivity contribution in [3.05, 3.63) is 139 Å². The van der Waals surface area contributed by atoms with Crippen molar-refractivity contribution in [2.75, 3.05) is 0 Å². The van der Waals surface area contributed by atoms with Crippen LogP contribution in [-0.2, 0) is 20.1 Å². The molecule has 0 N–H and O–H groups in total. The summed E-state index contributed by atoms with van der Waals surface area (Å²) in [6.07, 6.45) is 3.76. The summed E-state index contributed by atoms with van der Waals surface area (Å²) in [7, 11) is -1.46. The molecular formula is C40H35FIrN2OSi-2. The molecule has 3 aromatic heterocycles. The Hall–Kier alpha value is -4.22. The van der Waals surface area contributed by atoms with E-state index in [1.165, 1.54) is 28.4 Å². The fraction of sp³-hybridized carbons (Fsp3) is 0.150. The molecule has 233 valence electrons. The van der Waals surface area contributed by atoms with Gasteiger partial charge in [-0.15, -0.1) is 54.1 Å². The molecule has 0 aliphatic heterocycles. The van der Waals surface area contributed by atoms with E-state index in [4.69, 9.17) is 10.8 Å². The molecule has 0 saturated carbocycles. The van der Waals surface area contributed by atoms with Crippen LogP contribution < -0.4 is 5.19 Å². The topological polar surface area (TPSA) is 38.9 Å². The molecule has 6 heteroatoms. The molecule has 3 heterocycles. The minimum absolute atomic E-state index is 0. The summed E-state index contributed by atoms with van der Waals surface area (Å²) in [5.74, 6) is -1.02. The van der Waals surface area contributed by atoms with Gasteiger partial charge in [-0.25, -0.2) is 4.39 Å². The number of nitrogens with zero attached hydrogens (tertiary/aromatic N) is 2. The van der Waals surface area contributed by atoms with Gasteiger partial charge < -0.3 is 14.4 Å². The van der Waals surface area contributed by atoms with Crippen LogP contribution in [0.5, 0.6) is 0 Å². The van der Waals surface area contributed by atoms with Crippen molar-refractivity contribution in [3.63, 3.8) is 0 Å². The minimum Gasteiger partial charge on any atom is -0.501 e. The zero-order valence-electron chi connectivity index (χ0n) is 27.5. The maximum absolute atomic E-state index is 13.6. The quantitative estimate of drug-likeness (QED) is 0.129. The summed E-state index contributed by atoms with van der Waals surface area (Å²) in [5, 5.41) is 2.96. The van der Waals surface area contributed by atoms with Crippen LogP contribution in [0.1, 0.15) is 26.7 Å². The van der Waals surface area contributed by atoms with Gasteiger partial charge in [-0.05, 0) is 57.9 Å². The SMILES string of the molecule is C[Si](C)(C)c1cnc(-c2[c-]cccc2)cc1-c1ccccc1.[2H]C(C)(C)c1ccnc(-c2[c-]ccc3c2oc2ccc(F)cc23)c1.[Ir]. The summed E-state index contributed by atoms with van der Waals surface area (Å²) < 4.78 is 27.7. The van der Waals surface area contributed by atoms with Crippen LogP contribution >= 0.6 is 0 Å². The number of aromatic nitrogens is 2. The van der Waals surface area contributed by atoms with E-state index in [9.17, 15) is 4.39 Å². The molecule has 7 rings (SSSR count). The summed E-state index contributed by atoms with van der Waals surface area (Å²) in [5.41, 5.74) is 8.13. The molecule has 3 nitrogen and oxygen atoms in total. The van der Waals surface area contributed by atoms with Gasteiger partial charge in [-0.1, -0.05) is 92.5 Å². The number of benzene rings is 4. The largest absolute Gasteiger partial charge is 0.501 e. The second kappa shape index (κ2) is 14.0. The molecule has 0 unspecified atom stereocenters. The number of rotatable bonds is 5. The summed E-state index contributed by atoms with van der Waals surface area (Å²) >= 11 is 0. The molecule has 0 saturated heterocycles. The van der Waals surface area contributed by atoms with Gasteiger partial charge >= 0.3 is 0 Å². The third-order valence-electron chi connectivity index (χ3n) is 7.77. The second-order valence-corrected chi connectivity index (χ2v) is 17.3. The molecule has 0 bridgehead atoms. The number of furan rings is 1. The van der Waals surface area contributed by atoms with Crippen LogP contribution in [0.2, 0.25) is 19.6 Å².